The van der Waals surface area contributed by atoms with Crippen molar-refractivity contribution in [2.45, 2.75) is 26.3 Å². The van der Waals surface area contributed by atoms with Crippen molar-refractivity contribution in [3.63, 3.8) is 0 Å². The first-order valence-electron chi connectivity index (χ1n) is 5.95. The number of nitrogens with two attached hydrogens (primary N) is 1. The summed E-state index contributed by atoms with van der Waals surface area (Å²) in [4.78, 5) is 1.88. The number of halogens is 2. The minimum atomic E-state index is -0.357. The Morgan fingerprint density at radius 2 is 2.00 bits per heavy atom. The largest absolute Gasteiger partial charge is 0.369 e. The summed E-state index contributed by atoms with van der Waals surface area (Å²) in [6, 6.07) is 2.70. The van der Waals surface area contributed by atoms with Gasteiger partial charge in [0.05, 0.1) is 5.69 Å². The van der Waals surface area contributed by atoms with Gasteiger partial charge in [-0.15, -0.1) is 0 Å². The molecule has 2 atom stereocenters. The van der Waals surface area contributed by atoms with Gasteiger partial charge in [0.1, 0.15) is 11.6 Å². The maximum atomic E-state index is 13.8. The van der Waals surface area contributed by atoms with Crippen LogP contribution in [-0.2, 0) is 0 Å². The van der Waals surface area contributed by atoms with Crippen LogP contribution < -0.4 is 10.6 Å². The molecule has 1 aromatic carbocycles. The molecule has 0 aliphatic carbocycles. The van der Waals surface area contributed by atoms with Crippen molar-refractivity contribution in [2.24, 2.45) is 11.7 Å². The highest BCUT2D eigenvalue weighted by atomic mass is 19.1. The normalized spacial score (nSPS) is 25.1. The number of hydrogen-bond donors (Lipinski definition) is 1. The highest BCUT2D eigenvalue weighted by Crippen LogP contribution is 2.27. The minimum Gasteiger partial charge on any atom is -0.369 e. The van der Waals surface area contributed by atoms with E-state index in [2.05, 4.69) is 0 Å². The summed E-state index contributed by atoms with van der Waals surface area (Å²) in [5, 5.41) is 0. The fourth-order valence-corrected chi connectivity index (χ4v) is 2.26. The van der Waals surface area contributed by atoms with Crippen LogP contribution in [0.3, 0.4) is 0 Å². The molecule has 1 aliphatic rings. The van der Waals surface area contributed by atoms with Crippen LogP contribution in [0.1, 0.15) is 18.9 Å². The molecule has 0 aromatic heterocycles. The third-order valence-electron chi connectivity index (χ3n) is 3.54. The van der Waals surface area contributed by atoms with Gasteiger partial charge in [-0.1, -0.05) is 6.92 Å². The highest BCUT2D eigenvalue weighted by Gasteiger charge is 2.25. The summed E-state index contributed by atoms with van der Waals surface area (Å²) in [6.45, 7) is 4.97. The molecule has 2 unspecified atom stereocenters. The van der Waals surface area contributed by atoms with Gasteiger partial charge in [0.25, 0.3) is 0 Å². The average molecular weight is 240 g/mol. The topological polar surface area (TPSA) is 29.3 Å². The summed E-state index contributed by atoms with van der Waals surface area (Å²) in [5.74, 6) is -0.414. The number of aryl methyl sites for hydroxylation is 1. The molecule has 1 aromatic rings. The van der Waals surface area contributed by atoms with E-state index in [-0.39, 0.29) is 17.7 Å². The van der Waals surface area contributed by atoms with Crippen LogP contribution in [0, 0.1) is 24.5 Å². The van der Waals surface area contributed by atoms with E-state index in [1.807, 2.05) is 11.8 Å². The first kappa shape index (κ1) is 12.3. The van der Waals surface area contributed by atoms with Crippen LogP contribution in [0.5, 0.6) is 0 Å². The number of piperidine rings is 1. The summed E-state index contributed by atoms with van der Waals surface area (Å²) in [6.07, 6.45) is 0.816. The van der Waals surface area contributed by atoms with Crippen molar-refractivity contribution in [2.75, 3.05) is 18.0 Å². The van der Waals surface area contributed by atoms with Crippen molar-refractivity contribution in [3.05, 3.63) is 29.3 Å². The Morgan fingerprint density at radius 3 is 2.65 bits per heavy atom. The van der Waals surface area contributed by atoms with Gasteiger partial charge in [-0.3, -0.25) is 0 Å². The van der Waals surface area contributed by atoms with E-state index in [4.69, 9.17) is 5.73 Å². The predicted octanol–water partition coefficient (Wildman–Crippen LogP) is 2.45. The number of nitrogens with zero attached hydrogens (tertiary/aromatic N) is 1. The molecule has 1 saturated heterocycles. The number of anilines is 1. The molecule has 4 heteroatoms. The summed E-state index contributed by atoms with van der Waals surface area (Å²) in [7, 11) is 0. The Hall–Kier alpha value is -1.16. The number of benzene rings is 1. The van der Waals surface area contributed by atoms with Crippen LogP contribution in [-0.4, -0.2) is 19.1 Å². The van der Waals surface area contributed by atoms with E-state index in [0.29, 0.717) is 30.3 Å². The van der Waals surface area contributed by atoms with E-state index in [0.717, 1.165) is 6.42 Å². The van der Waals surface area contributed by atoms with Gasteiger partial charge < -0.3 is 10.6 Å². The smallest absolute Gasteiger partial charge is 0.146 e. The zero-order valence-corrected chi connectivity index (χ0v) is 10.2. The van der Waals surface area contributed by atoms with Crippen molar-refractivity contribution in [1.82, 2.24) is 0 Å². The molecule has 0 radical (unpaired) electrons. The molecule has 0 amide bonds. The lowest BCUT2D eigenvalue weighted by atomic mass is 9.94. The van der Waals surface area contributed by atoms with E-state index in [1.165, 1.54) is 12.1 Å². The third kappa shape index (κ3) is 2.41. The van der Waals surface area contributed by atoms with E-state index in [1.54, 1.807) is 6.92 Å². The lowest BCUT2D eigenvalue weighted by Crippen LogP contribution is -2.46. The van der Waals surface area contributed by atoms with Gasteiger partial charge >= 0.3 is 0 Å². The molecule has 2 N–H and O–H groups in total. The van der Waals surface area contributed by atoms with Gasteiger partial charge in [-0.25, -0.2) is 8.78 Å². The molecule has 2 rings (SSSR count). The molecule has 94 valence electrons. The molecule has 17 heavy (non-hydrogen) atoms. The van der Waals surface area contributed by atoms with E-state index < -0.39 is 0 Å². The first-order chi connectivity index (χ1) is 7.99. The maximum absolute atomic E-state index is 13.8. The van der Waals surface area contributed by atoms with Crippen molar-refractivity contribution >= 4 is 5.69 Å². The summed E-state index contributed by atoms with van der Waals surface area (Å²) < 4.78 is 27.3. The monoisotopic (exact) mass is 240 g/mol. The fourth-order valence-electron chi connectivity index (χ4n) is 2.26. The molecule has 2 nitrogen and oxygen atoms in total. The van der Waals surface area contributed by atoms with E-state index >= 15 is 0 Å². The lowest BCUT2D eigenvalue weighted by molar-refractivity contribution is 0.380. The van der Waals surface area contributed by atoms with Crippen LogP contribution in [0.25, 0.3) is 0 Å². The molecule has 0 saturated carbocycles. The molecule has 1 aliphatic heterocycles. The van der Waals surface area contributed by atoms with Gasteiger partial charge in [-0.05, 0) is 30.9 Å². The van der Waals surface area contributed by atoms with Crippen molar-refractivity contribution < 1.29 is 8.78 Å². The second-order valence-corrected chi connectivity index (χ2v) is 4.93. The molecule has 1 fully saturated rings. The number of hydrogen-bond acceptors (Lipinski definition) is 2. The van der Waals surface area contributed by atoms with Crippen LogP contribution in [0.15, 0.2) is 12.1 Å². The van der Waals surface area contributed by atoms with Gasteiger partial charge in [-0.2, -0.15) is 0 Å². The zero-order valence-electron chi connectivity index (χ0n) is 10.2. The zero-order chi connectivity index (χ0) is 12.6. The quantitative estimate of drug-likeness (QED) is 0.817. The predicted molar refractivity (Wildman–Crippen MR) is 65.1 cm³/mol. The van der Waals surface area contributed by atoms with Crippen LogP contribution >= 0.6 is 0 Å². The van der Waals surface area contributed by atoms with Crippen molar-refractivity contribution in [1.29, 1.82) is 0 Å². The van der Waals surface area contributed by atoms with E-state index in [9.17, 15) is 8.78 Å². The Labute approximate surface area is 100 Å². The molecular formula is C13H18F2N2. The highest BCUT2D eigenvalue weighted by molar-refractivity contribution is 5.50. The lowest BCUT2D eigenvalue weighted by Gasteiger charge is -2.36. The first-order valence-corrected chi connectivity index (χ1v) is 5.95. The molecule has 1 heterocycles. The molecular weight excluding hydrogens is 222 g/mol. The molecule has 0 bridgehead atoms. The Balaban J connectivity index is 2.26. The molecule has 0 spiro atoms. The average Bonchev–Trinajstić information content (AvgIpc) is 2.27. The van der Waals surface area contributed by atoms with Gasteiger partial charge in [0.2, 0.25) is 0 Å². The summed E-state index contributed by atoms with van der Waals surface area (Å²) in [5.41, 5.74) is 6.61. The van der Waals surface area contributed by atoms with Crippen LogP contribution in [0.4, 0.5) is 14.5 Å². The van der Waals surface area contributed by atoms with Gasteiger partial charge in [0, 0.05) is 25.2 Å². The Kier molecular flexibility index (Phi) is 3.33. The second-order valence-electron chi connectivity index (χ2n) is 4.93. The van der Waals surface area contributed by atoms with Gasteiger partial charge in [0.15, 0.2) is 0 Å². The fraction of sp³-hybridized carbons (Fsp3) is 0.538. The standard InChI is InChI=1S/C13H18F2N2/c1-8-5-11(15)13(6-10(8)14)17-4-3-12(16)9(2)7-17/h5-6,9,12H,3-4,7,16H2,1-2H3. The Bertz CT molecular complexity index is 420. The Morgan fingerprint density at radius 1 is 1.29 bits per heavy atom. The second kappa shape index (κ2) is 4.61. The minimum absolute atomic E-state index is 0.157. The SMILES string of the molecule is Cc1cc(F)c(N2CCC(N)C(C)C2)cc1F. The van der Waals surface area contributed by atoms with Crippen molar-refractivity contribution in [3.8, 4) is 0 Å². The third-order valence-corrected chi connectivity index (χ3v) is 3.54. The summed E-state index contributed by atoms with van der Waals surface area (Å²) >= 11 is 0. The number of rotatable bonds is 1. The van der Waals surface area contributed by atoms with Crippen LogP contribution in [0.2, 0.25) is 0 Å². The maximum Gasteiger partial charge on any atom is 0.146 e.